The van der Waals surface area contributed by atoms with Crippen LogP contribution in [0.1, 0.15) is 168 Å². The summed E-state index contributed by atoms with van der Waals surface area (Å²) in [6.45, 7) is 3.87. The van der Waals surface area contributed by atoms with Crippen molar-refractivity contribution in [2.45, 2.75) is 186 Å². The standard InChI is InChI=1S/C34H62O9S/c1-3-5-7-9-11-13-15-17-19-21-23-25-32(35)42-30-27-28-40-31(29-41-44(37,38)39)34(30)43-33(36)26-24-22-20-18-16-14-12-10-8-6-4-2/h27-28,30-31,34H,3-26,29H2,1-2H3,(H,37,38,39)/t30-,31-,34-/m1/s1/i/hD. The molecule has 44 heavy (non-hydrogen) atoms. The third kappa shape index (κ3) is 22.8. The van der Waals surface area contributed by atoms with Gasteiger partial charge in [0, 0.05) is 12.8 Å². The van der Waals surface area contributed by atoms with Gasteiger partial charge in [0.05, 0.1) is 6.26 Å². The summed E-state index contributed by atoms with van der Waals surface area (Å²) in [5, 5.41) is 0. The van der Waals surface area contributed by atoms with Gasteiger partial charge in [-0.3, -0.25) is 14.1 Å². The minimum absolute atomic E-state index is 0.193. The van der Waals surface area contributed by atoms with E-state index in [2.05, 4.69) is 22.6 Å². The molecule has 0 unspecified atom stereocenters. The Bertz CT molecular complexity index is 881. The van der Waals surface area contributed by atoms with E-state index < -0.39 is 47.3 Å². The van der Waals surface area contributed by atoms with Crippen LogP contribution in [0.4, 0.5) is 0 Å². The monoisotopic (exact) mass is 647 g/mol. The first kappa shape index (κ1) is 38.5. The normalized spacial score (nSPS) is 18.5. The molecule has 1 rings (SSSR count). The number of hydrogen-bond acceptors (Lipinski definition) is 9. The first-order chi connectivity index (χ1) is 21.8. The van der Waals surface area contributed by atoms with E-state index in [0.717, 1.165) is 38.5 Å². The van der Waals surface area contributed by atoms with Crippen LogP contribution in [0.25, 0.3) is 1.43 Å². The van der Waals surface area contributed by atoms with Crippen molar-refractivity contribution in [2.24, 2.45) is 0 Å². The first-order valence-electron chi connectivity index (χ1n) is 18.0. The predicted octanol–water partition coefficient (Wildman–Crippen LogP) is 8.94. The van der Waals surface area contributed by atoms with E-state index in [1.54, 1.807) is 0 Å². The quantitative estimate of drug-likeness (QED) is 0.0462. The lowest BCUT2D eigenvalue weighted by molar-refractivity contribution is -0.178. The van der Waals surface area contributed by atoms with Crippen molar-refractivity contribution < 1.29 is 41.0 Å². The molecule has 0 bridgehead atoms. The molecule has 9 nitrogen and oxygen atoms in total. The van der Waals surface area contributed by atoms with Crippen molar-refractivity contribution >= 4 is 22.3 Å². The lowest BCUT2D eigenvalue weighted by atomic mass is 10.0. The summed E-state index contributed by atoms with van der Waals surface area (Å²) in [7, 11) is -4.56. The van der Waals surface area contributed by atoms with E-state index >= 15 is 0 Å². The summed E-state index contributed by atoms with van der Waals surface area (Å²) < 4.78 is 54.8. The molecule has 0 amide bonds. The van der Waals surface area contributed by atoms with Crippen LogP contribution in [0.5, 0.6) is 0 Å². The molecule has 10 heteroatoms. The zero-order valence-electron chi connectivity index (χ0n) is 28.6. The fourth-order valence-corrected chi connectivity index (χ4v) is 5.75. The third-order valence-electron chi connectivity index (χ3n) is 8.09. The van der Waals surface area contributed by atoms with Gasteiger partial charge in [-0.15, -0.1) is 0 Å². The lowest BCUT2D eigenvalue weighted by Gasteiger charge is -2.33. The van der Waals surface area contributed by atoms with Crippen molar-refractivity contribution in [1.82, 2.24) is 0 Å². The molecule has 0 aliphatic carbocycles. The summed E-state index contributed by atoms with van der Waals surface area (Å²) in [5.41, 5.74) is 0. The van der Waals surface area contributed by atoms with Gasteiger partial charge in [0.15, 0.2) is 18.3 Å². The summed E-state index contributed by atoms with van der Waals surface area (Å²) in [5.74, 6) is -0.901. The molecular weight excluding hydrogens is 584 g/mol. The number of esters is 2. The van der Waals surface area contributed by atoms with Crippen LogP contribution >= 0.6 is 0 Å². The molecular formula is C34H62O9S. The molecule has 1 aliphatic heterocycles. The minimum Gasteiger partial charge on any atom is -0.492 e. The second kappa shape index (κ2) is 26.6. The van der Waals surface area contributed by atoms with Gasteiger partial charge in [-0.05, 0) is 18.9 Å². The Morgan fingerprint density at radius 2 is 1.09 bits per heavy atom. The summed E-state index contributed by atoms with van der Waals surface area (Å²) in [6, 6.07) is 0. The van der Waals surface area contributed by atoms with Gasteiger partial charge in [-0.25, -0.2) is 4.18 Å². The Balaban J connectivity index is 2.44. The Morgan fingerprint density at radius 1 is 0.682 bits per heavy atom. The van der Waals surface area contributed by atoms with Crippen LogP contribution in [0, 0.1) is 0 Å². The van der Waals surface area contributed by atoms with Crippen molar-refractivity contribution in [3.8, 4) is 0 Å². The molecule has 258 valence electrons. The van der Waals surface area contributed by atoms with Gasteiger partial charge in [-0.2, -0.15) is 8.42 Å². The van der Waals surface area contributed by atoms with E-state index in [4.69, 9.17) is 15.6 Å². The Morgan fingerprint density at radius 3 is 1.52 bits per heavy atom. The molecule has 0 aromatic heterocycles. The van der Waals surface area contributed by atoms with Crippen LogP contribution in [0.3, 0.4) is 0 Å². The number of carbonyl (C=O) groups is 2. The summed E-state index contributed by atoms with van der Waals surface area (Å²) in [4.78, 5) is 25.4. The highest BCUT2D eigenvalue weighted by Crippen LogP contribution is 2.22. The average Bonchev–Trinajstić information content (AvgIpc) is 3.02. The van der Waals surface area contributed by atoms with Crippen LogP contribution in [-0.4, -0.2) is 49.8 Å². The molecule has 1 aliphatic rings. The fraction of sp³-hybridized carbons (Fsp3) is 0.882. The zero-order valence-corrected chi connectivity index (χ0v) is 28.5. The molecule has 3 atom stereocenters. The molecule has 0 saturated carbocycles. The van der Waals surface area contributed by atoms with Gasteiger partial charge >= 0.3 is 22.3 Å². The van der Waals surface area contributed by atoms with Gasteiger partial charge < -0.3 is 14.2 Å². The molecule has 0 fully saturated rings. The SMILES string of the molecule is [2H]OS(=O)(=O)OC[C@H]1OC=C[C@@H](OC(=O)CCCCCCCCCCCCC)[C@H]1OC(=O)CCCCCCCCCCCCC. The molecule has 0 aromatic rings. The van der Waals surface area contributed by atoms with E-state index in [9.17, 15) is 18.0 Å². The van der Waals surface area contributed by atoms with E-state index in [1.807, 2.05) is 0 Å². The highest BCUT2D eigenvalue weighted by atomic mass is 32.3. The van der Waals surface area contributed by atoms with Crippen LogP contribution in [-0.2, 0) is 38.4 Å². The second-order valence-electron chi connectivity index (χ2n) is 12.2. The fourth-order valence-electron chi connectivity index (χ4n) is 5.44. The van der Waals surface area contributed by atoms with E-state index in [-0.39, 0.29) is 12.8 Å². The predicted molar refractivity (Wildman–Crippen MR) is 173 cm³/mol. The van der Waals surface area contributed by atoms with Gasteiger partial charge in [0.25, 0.3) is 0 Å². The zero-order chi connectivity index (χ0) is 33.0. The highest BCUT2D eigenvalue weighted by molar-refractivity contribution is 7.80. The maximum absolute atomic E-state index is 12.7. The van der Waals surface area contributed by atoms with E-state index in [0.29, 0.717) is 12.8 Å². The van der Waals surface area contributed by atoms with Gasteiger partial charge in [0.1, 0.15) is 6.61 Å². The molecule has 1 heterocycles. The summed E-state index contributed by atoms with van der Waals surface area (Å²) >= 11 is 0. The molecule has 0 spiro atoms. The molecule has 0 radical (unpaired) electrons. The number of unbranched alkanes of at least 4 members (excludes halogenated alkanes) is 20. The number of hydrogen-bond donors (Lipinski definition) is 1. The molecule has 0 aromatic carbocycles. The maximum Gasteiger partial charge on any atom is 0.397 e. The molecule has 1 N–H and O–H groups in total. The summed E-state index contributed by atoms with van der Waals surface area (Å²) in [6.07, 6.45) is 25.7. The average molecular weight is 648 g/mol. The van der Waals surface area contributed by atoms with Crippen LogP contribution < -0.4 is 0 Å². The second-order valence-corrected chi connectivity index (χ2v) is 13.2. The third-order valence-corrected chi connectivity index (χ3v) is 8.52. The van der Waals surface area contributed by atoms with Crippen LogP contribution in [0.2, 0.25) is 0 Å². The van der Waals surface area contributed by atoms with Crippen molar-refractivity contribution in [2.75, 3.05) is 6.61 Å². The largest absolute Gasteiger partial charge is 0.492 e. The Hall–Kier alpha value is -1.65. The van der Waals surface area contributed by atoms with E-state index in [1.165, 1.54) is 102 Å². The van der Waals surface area contributed by atoms with Crippen molar-refractivity contribution in [1.29, 1.82) is 1.43 Å². The Labute approximate surface area is 269 Å². The minimum atomic E-state index is -4.56. The highest BCUT2D eigenvalue weighted by Gasteiger charge is 2.39. The molecule has 0 saturated heterocycles. The van der Waals surface area contributed by atoms with Crippen LogP contribution in [0.15, 0.2) is 12.3 Å². The number of ether oxygens (including phenoxy) is 3. The lowest BCUT2D eigenvalue weighted by Crippen LogP contribution is -2.47. The topological polar surface area (TPSA) is 125 Å². The first-order valence-corrected chi connectivity index (χ1v) is 18.9. The maximum atomic E-state index is 12.7. The van der Waals surface area contributed by atoms with Crippen molar-refractivity contribution in [3.05, 3.63) is 12.3 Å². The van der Waals surface area contributed by atoms with Crippen molar-refractivity contribution in [3.63, 3.8) is 0 Å². The number of carbonyl (C=O) groups excluding carboxylic acids is 2. The smallest absolute Gasteiger partial charge is 0.397 e. The van der Waals surface area contributed by atoms with Gasteiger partial charge in [-0.1, -0.05) is 142 Å². The number of rotatable bonds is 30. The Kier molecular flexibility index (Phi) is 23.3. The van der Waals surface area contributed by atoms with Gasteiger partial charge in [0.2, 0.25) is 1.43 Å².